The van der Waals surface area contributed by atoms with Crippen LogP contribution in [0.25, 0.3) is 0 Å². The maximum atomic E-state index is 5.72. The van der Waals surface area contributed by atoms with Gasteiger partial charge in [0.1, 0.15) is 0 Å². The maximum Gasteiger partial charge on any atom is 0.0878 e. The van der Waals surface area contributed by atoms with Gasteiger partial charge in [-0.2, -0.15) is 0 Å². The first-order chi connectivity index (χ1) is 5.41. The third-order valence-electron chi connectivity index (χ3n) is 1.77. The van der Waals surface area contributed by atoms with Crippen LogP contribution in [0.2, 0.25) is 0 Å². The molecular formula is C8H12N2S2. The fraction of sp³-hybridized carbons (Fsp3) is 0.500. The Morgan fingerprint density at radius 3 is 2.42 bits per heavy atom. The van der Waals surface area contributed by atoms with E-state index in [-0.39, 0.29) is 0 Å². The van der Waals surface area contributed by atoms with Crippen LogP contribution in [0.3, 0.4) is 0 Å². The number of hydrogen-bond acceptors (Lipinski definition) is 4. The molecule has 0 saturated carbocycles. The Labute approximate surface area is 83.0 Å². The highest BCUT2D eigenvalue weighted by Crippen LogP contribution is 2.19. The van der Waals surface area contributed by atoms with E-state index in [4.69, 9.17) is 35.9 Å². The molecule has 12 heavy (non-hydrogen) atoms. The van der Waals surface area contributed by atoms with Crippen LogP contribution in [-0.4, -0.2) is 15.4 Å². The Balaban J connectivity index is 2.92. The van der Waals surface area contributed by atoms with Gasteiger partial charge in [-0.1, -0.05) is 30.5 Å². The van der Waals surface area contributed by atoms with E-state index in [0.717, 1.165) is 21.7 Å². The summed E-state index contributed by atoms with van der Waals surface area (Å²) in [5, 5.41) is 0. The molecule has 4 heteroatoms. The van der Waals surface area contributed by atoms with E-state index in [1.54, 1.807) is 6.92 Å². The molecule has 0 bridgehead atoms. The van der Waals surface area contributed by atoms with Gasteiger partial charge < -0.3 is 11.5 Å². The zero-order chi connectivity index (χ0) is 9.35. The van der Waals surface area contributed by atoms with E-state index in [9.17, 15) is 0 Å². The zero-order valence-corrected chi connectivity index (χ0v) is 8.60. The highest BCUT2D eigenvalue weighted by atomic mass is 32.1. The van der Waals surface area contributed by atoms with Crippen LogP contribution in [0, 0.1) is 0 Å². The van der Waals surface area contributed by atoms with Crippen molar-refractivity contribution < 1.29 is 0 Å². The standard InChI is InChI=1S/C8H12N2S2/c1-8(9,10)6-3-2-5(11)4-7(6)12/h3H,2,4,9-10H2,1H3. The van der Waals surface area contributed by atoms with Gasteiger partial charge in [0, 0.05) is 16.1 Å². The molecule has 4 N–H and O–H groups in total. The lowest BCUT2D eigenvalue weighted by atomic mass is 9.91. The van der Waals surface area contributed by atoms with E-state index >= 15 is 0 Å². The number of allylic oxidation sites excluding steroid dienone is 1. The van der Waals surface area contributed by atoms with Crippen molar-refractivity contribution in [3.8, 4) is 0 Å². The molecule has 1 aliphatic rings. The fourth-order valence-electron chi connectivity index (χ4n) is 1.20. The zero-order valence-electron chi connectivity index (χ0n) is 6.96. The summed E-state index contributed by atoms with van der Waals surface area (Å²) in [5.74, 6) is 0. The molecule has 2 nitrogen and oxygen atoms in total. The van der Waals surface area contributed by atoms with Gasteiger partial charge in [-0.05, 0) is 18.9 Å². The summed E-state index contributed by atoms with van der Waals surface area (Å²) in [6, 6.07) is 0. The van der Waals surface area contributed by atoms with Gasteiger partial charge in [0.15, 0.2) is 0 Å². The van der Waals surface area contributed by atoms with E-state index in [1.165, 1.54) is 0 Å². The van der Waals surface area contributed by atoms with Crippen molar-refractivity contribution in [1.82, 2.24) is 0 Å². The van der Waals surface area contributed by atoms with Gasteiger partial charge in [0.25, 0.3) is 0 Å². The molecule has 0 heterocycles. The van der Waals surface area contributed by atoms with Crippen LogP contribution in [0.15, 0.2) is 11.6 Å². The van der Waals surface area contributed by atoms with Gasteiger partial charge >= 0.3 is 0 Å². The molecule has 0 aromatic rings. The molecule has 0 radical (unpaired) electrons. The number of rotatable bonds is 1. The van der Waals surface area contributed by atoms with E-state index in [0.29, 0.717) is 6.42 Å². The lowest BCUT2D eigenvalue weighted by Gasteiger charge is -2.26. The molecule has 0 atom stereocenters. The van der Waals surface area contributed by atoms with Crippen LogP contribution < -0.4 is 11.5 Å². The number of thiocarbonyl (C=S) groups is 2. The second kappa shape index (κ2) is 3.30. The predicted molar refractivity (Wildman–Crippen MR) is 59.3 cm³/mol. The fourth-order valence-corrected chi connectivity index (χ4v) is 1.99. The lowest BCUT2D eigenvalue weighted by molar-refractivity contribution is 0.596. The highest BCUT2D eigenvalue weighted by molar-refractivity contribution is 7.82. The van der Waals surface area contributed by atoms with Crippen molar-refractivity contribution in [1.29, 1.82) is 0 Å². The molecule has 1 aliphatic carbocycles. The Morgan fingerprint density at radius 1 is 1.42 bits per heavy atom. The second-order valence-electron chi connectivity index (χ2n) is 3.24. The summed E-state index contributed by atoms with van der Waals surface area (Å²) < 4.78 is 0. The summed E-state index contributed by atoms with van der Waals surface area (Å²) in [6.45, 7) is 1.75. The molecule has 66 valence electrons. The molecule has 1 rings (SSSR count). The summed E-state index contributed by atoms with van der Waals surface area (Å²) in [4.78, 5) is 1.76. The summed E-state index contributed by atoms with van der Waals surface area (Å²) in [5.41, 5.74) is 11.5. The molecule has 0 aliphatic heterocycles. The lowest BCUT2D eigenvalue weighted by Crippen LogP contribution is -2.50. The van der Waals surface area contributed by atoms with Gasteiger partial charge in [-0.3, -0.25) is 0 Å². The summed E-state index contributed by atoms with van der Waals surface area (Å²) in [6.07, 6.45) is 3.39. The van der Waals surface area contributed by atoms with Gasteiger partial charge in [0.05, 0.1) is 5.66 Å². The van der Waals surface area contributed by atoms with Crippen LogP contribution >= 0.6 is 24.4 Å². The average Bonchev–Trinajstić information content (AvgIpc) is 1.83. The van der Waals surface area contributed by atoms with E-state index in [2.05, 4.69) is 0 Å². The second-order valence-corrected chi connectivity index (χ2v) is 4.31. The van der Waals surface area contributed by atoms with Gasteiger partial charge in [-0.25, -0.2) is 0 Å². The predicted octanol–water partition coefficient (Wildman–Crippen LogP) is 1.08. The molecule has 0 fully saturated rings. The van der Waals surface area contributed by atoms with Crippen LogP contribution in [0.4, 0.5) is 0 Å². The normalized spacial score (nSPS) is 19.4. The smallest absolute Gasteiger partial charge is 0.0878 e. The Kier molecular flexibility index (Phi) is 2.73. The van der Waals surface area contributed by atoms with E-state index < -0.39 is 5.66 Å². The third-order valence-corrected chi connectivity index (χ3v) is 2.45. The van der Waals surface area contributed by atoms with Crippen molar-refractivity contribution in [3.63, 3.8) is 0 Å². The minimum absolute atomic E-state index is 0.681. The van der Waals surface area contributed by atoms with E-state index in [1.807, 2.05) is 6.08 Å². The SMILES string of the molecule is CC(N)(N)C1=CCC(=S)CC1=S. The van der Waals surface area contributed by atoms with Crippen LogP contribution in [-0.2, 0) is 0 Å². The molecule has 0 saturated heterocycles. The quantitative estimate of drug-likeness (QED) is 0.491. The van der Waals surface area contributed by atoms with Gasteiger partial charge in [0.2, 0.25) is 0 Å². The molecule has 0 aromatic carbocycles. The molecule has 0 unspecified atom stereocenters. The Hall–Kier alpha value is -0.160. The van der Waals surface area contributed by atoms with Crippen molar-refractivity contribution in [2.75, 3.05) is 0 Å². The molecular weight excluding hydrogens is 188 g/mol. The first-order valence-electron chi connectivity index (χ1n) is 3.74. The minimum Gasteiger partial charge on any atom is -0.310 e. The van der Waals surface area contributed by atoms with Crippen LogP contribution in [0.1, 0.15) is 19.8 Å². The largest absolute Gasteiger partial charge is 0.310 e. The Morgan fingerprint density at radius 2 is 2.00 bits per heavy atom. The van der Waals surface area contributed by atoms with Gasteiger partial charge in [-0.15, -0.1) is 0 Å². The minimum atomic E-state index is -0.812. The number of nitrogens with two attached hydrogens (primary N) is 2. The molecule has 0 spiro atoms. The first kappa shape index (κ1) is 9.92. The first-order valence-corrected chi connectivity index (χ1v) is 4.56. The van der Waals surface area contributed by atoms with Crippen molar-refractivity contribution in [3.05, 3.63) is 11.6 Å². The molecule has 0 amide bonds. The molecule has 0 aromatic heterocycles. The third kappa shape index (κ3) is 2.17. The van der Waals surface area contributed by atoms with Crippen LogP contribution in [0.5, 0.6) is 0 Å². The van der Waals surface area contributed by atoms with Crippen molar-refractivity contribution in [2.24, 2.45) is 11.5 Å². The topological polar surface area (TPSA) is 52.0 Å². The highest BCUT2D eigenvalue weighted by Gasteiger charge is 2.24. The monoisotopic (exact) mass is 200 g/mol. The van der Waals surface area contributed by atoms with Crippen molar-refractivity contribution >= 4 is 34.2 Å². The maximum absolute atomic E-state index is 5.72. The number of hydrogen-bond donors (Lipinski definition) is 2. The Bertz CT molecular complexity index is 261. The summed E-state index contributed by atoms with van der Waals surface area (Å²) in [7, 11) is 0. The van der Waals surface area contributed by atoms with Crippen molar-refractivity contribution in [2.45, 2.75) is 25.4 Å². The average molecular weight is 200 g/mol. The summed E-state index contributed by atoms with van der Waals surface area (Å²) >= 11 is 10.2.